The summed E-state index contributed by atoms with van der Waals surface area (Å²) >= 11 is 0. The first-order valence-corrected chi connectivity index (χ1v) is 17.8. The summed E-state index contributed by atoms with van der Waals surface area (Å²) < 4.78 is 0. The molecule has 0 N–H and O–H groups in total. The number of anilines is 2. The summed E-state index contributed by atoms with van der Waals surface area (Å²) in [4.78, 5) is 33.2. The van der Waals surface area contributed by atoms with E-state index in [1.54, 1.807) is 9.80 Å². The molecule has 2 atom stereocenters. The van der Waals surface area contributed by atoms with E-state index in [0.717, 1.165) is 44.5 Å². The van der Waals surface area contributed by atoms with Gasteiger partial charge in [0.15, 0.2) is 10.8 Å². The van der Waals surface area contributed by atoms with E-state index in [1.807, 2.05) is 139 Å². The minimum Gasteiger partial charge on any atom is -0.294 e. The average molecular weight is 679 g/mol. The first-order valence-electron chi connectivity index (χ1n) is 17.8. The van der Waals surface area contributed by atoms with E-state index >= 15 is 0 Å². The number of hydrogen-bond acceptors (Lipinski definition) is 4. The Labute approximate surface area is 304 Å². The zero-order valence-electron chi connectivity index (χ0n) is 30.2. The Hall–Kier alpha value is -5.98. The van der Waals surface area contributed by atoms with Gasteiger partial charge in [0.1, 0.15) is 11.1 Å². The molecule has 0 aromatic heterocycles. The molecule has 5 aromatic rings. The second-order valence-electron chi connectivity index (χ2n) is 16.6. The monoisotopic (exact) mass is 678 g/mol. The van der Waals surface area contributed by atoms with Crippen molar-refractivity contribution in [2.75, 3.05) is 9.80 Å². The molecule has 2 amide bonds. The second kappa shape index (κ2) is 9.87. The zero-order valence-corrected chi connectivity index (χ0v) is 30.2. The maximum absolute atomic E-state index is 14.8. The molecule has 2 aliphatic carbocycles. The van der Waals surface area contributed by atoms with E-state index in [9.17, 15) is 20.1 Å². The van der Waals surface area contributed by atoms with Gasteiger partial charge in [-0.15, -0.1) is 0 Å². The summed E-state index contributed by atoms with van der Waals surface area (Å²) in [5.41, 5.74) is 2.65. The molecule has 9 rings (SSSR count). The largest absolute Gasteiger partial charge is 0.294 e. The molecule has 0 bridgehead atoms. The highest BCUT2D eigenvalue weighted by atomic mass is 16.2. The van der Waals surface area contributed by atoms with E-state index in [1.165, 1.54) is 0 Å². The molecule has 52 heavy (non-hydrogen) atoms. The fourth-order valence-electron chi connectivity index (χ4n) is 10.6. The van der Waals surface area contributed by atoms with Crippen LogP contribution in [-0.2, 0) is 20.7 Å². The van der Waals surface area contributed by atoms with Crippen LogP contribution >= 0.6 is 0 Å². The number of amides is 2. The summed E-state index contributed by atoms with van der Waals surface area (Å²) in [6, 6.07) is 45.1. The average Bonchev–Trinajstić information content (AvgIpc) is 3.60. The lowest BCUT2D eigenvalue weighted by Gasteiger charge is -2.66. The Balaban J connectivity index is 1.25. The molecular weight excluding hydrogens is 641 g/mol. The maximum atomic E-state index is 14.8. The Bertz CT molecular complexity index is 2220. The number of hydrogen-bond donors (Lipinski definition) is 0. The Morgan fingerprint density at radius 1 is 0.442 bits per heavy atom. The van der Waals surface area contributed by atoms with Crippen LogP contribution in [0.3, 0.4) is 0 Å². The molecule has 5 aromatic carbocycles. The smallest absolute Gasteiger partial charge is 0.252 e. The first-order chi connectivity index (χ1) is 24.8. The van der Waals surface area contributed by atoms with Crippen LogP contribution < -0.4 is 9.80 Å². The van der Waals surface area contributed by atoms with Gasteiger partial charge in [-0.2, -0.15) is 10.5 Å². The minimum atomic E-state index is -1.39. The number of β-lactam (4-membered cyclic amide) rings is 2. The van der Waals surface area contributed by atoms with Gasteiger partial charge in [0.2, 0.25) is 0 Å². The Morgan fingerprint density at radius 2 is 0.692 bits per heavy atom. The van der Waals surface area contributed by atoms with Gasteiger partial charge < -0.3 is 0 Å². The van der Waals surface area contributed by atoms with Gasteiger partial charge in [-0.25, -0.2) is 0 Å². The molecule has 0 saturated carbocycles. The minimum absolute atomic E-state index is 0.256. The fourth-order valence-corrected chi connectivity index (χ4v) is 10.6. The van der Waals surface area contributed by atoms with Crippen LogP contribution in [0.25, 0.3) is 22.3 Å². The molecule has 2 unspecified atom stereocenters. The summed E-state index contributed by atoms with van der Waals surface area (Å²) in [5, 5.41) is 22.2. The third-order valence-corrected chi connectivity index (χ3v) is 12.6. The van der Waals surface area contributed by atoms with Crippen LogP contribution in [0.4, 0.5) is 11.4 Å². The van der Waals surface area contributed by atoms with Crippen molar-refractivity contribution in [1.82, 2.24) is 0 Å². The molecule has 2 aliphatic heterocycles. The number of rotatable bonds is 2. The predicted octanol–water partition coefficient (Wildman–Crippen LogP) is 9.34. The van der Waals surface area contributed by atoms with E-state index in [4.69, 9.17) is 0 Å². The molecular formula is C46H38N4O2. The van der Waals surface area contributed by atoms with Crippen LogP contribution in [0.2, 0.25) is 0 Å². The topological polar surface area (TPSA) is 88.2 Å². The third-order valence-electron chi connectivity index (χ3n) is 12.6. The summed E-state index contributed by atoms with van der Waals surface area (Å²) in [7, 11) is 0. The highest BCUT2D eigenvalue weighted by molar-refractivity contribution is 6.16. The number of nitriles is 2. The van der Waals surface area contributed by atoms with Crippen molar-refractivity contribution in [3.63, 3.8) is 0 Å². The van der Waals surface area contributed by atoms with Crippen molar-refractivity contribution in [1.29, 1.82) is 10.5 Å². The lowest BCUT2D eigenvalue weighted by Crippen LogP contribution is -2.79. The quantitative estimate of drug-likeness (QED) is 0.174. The molecule has 6 heteroatoms. The van der Waals surface area contributed by atoms with Crippen LogP contribution in [0.5, 0.6) is 0 Å². The lowest BCUT2D eigenvalue weighted by atomic mass is 9.47. The third kappa shape index (κ3) is 3.10. The van der Waals surface area contributed by atoms with Crippen LogP contribution in [0.1, 0.15) is 63.8 Å². The SMILES string of the molecule is CC(C)(C)C1(C#N)C(=O)N(c2ccc(N3C(=O)C(C#N)(C(C)(C)C)C34c3ccccc3-c3ccccc34)cc2)C12c1ccccc1-c1ccccc12. The van der Waals surface area contributed by atoms with Crippen molar-refractivity contribution in [3.05, 3.63) is 144 Å². The van der Waals surface area contributed by atoms with E-state index in [2.05, 4.69) is 36.4 Å². The van der Waals surface area contributed by atoms with Gasteiger partial charge in [-0.3, -0.25) is 19.4 Å². The van der Waals surface area contributed by atoms with Crippen molar-refractivity contribution in [2.24, 2.45) is 21.7 Å². The summed E-state index contributed by atoms with van der Waals surface area (Å²) in [5.74, 6) is -0.513. The van der Waals surface area contributed by atoms with Crippen LogP contribution in [0, 0.1) is 44.3 Å². The van der Waals surface area contributed by atoms with Gasteiger partial charge in [0, 0.05) is 11.4 Å². The standard InChI is InChI=1S/C46H38N4O2/c1-41(2,3)43(27-47)39(51)49(45(43)35-19-11-7-15-31(35)32-16-8-12-20-36(32)45)29-23-25-30(26-24-29)50-40(52)44(28-48,42(4,5)6)46(50)37-21-13-9-17-33(37)34-18-10-14-22-38(34)46/h7-26H,1-6H3. The van der Waals surface area contributed by atoms with Gasteiger partial charge >= 0.3 is 0 Å². The number of fused-ring (bicyclic) bond motifs is 10. The van der Waals surface area contributed by atoms with Gasteiger partial charge in [-0.1, -0.05) is 139 Å². The van der Waals surface area contributed by atoms with Crippen molar-refractivity contribution in [3.8, 4) is 34.4 Å². The molecule has 0 radical (unpaired) electrons. The molecule has 6 nitrogen and oxygen atoms in total. The van der Waals surface area contributed by atoms with Gasteiger partial charge in [0.05, 0.1) is 12.1 Å². The highest BCUT2D eigenvalue weighted by Crippen LogP contribution is 2.73. The normalized spacial score (nSPS) is 22.8. The molecule has 4 aliphatic rings. The molecule has 2 saturated heterocycles. The Morgan fingerprint density at radius 3 is 0.923 bits per heavy atom. The number of nitrogens with zero attached hydrogens (tertiary/aromatic N) is 4. The predicted molar refractivity (Wildman–Crippen MR) is 202 cm³/mol. The maximum Gasteiger partial charge on any atom is 0.252 e. The van der Waals surface area contributed by atoms with E-state index in [0.29, 0.717) is 11.4 Å². The first kappa shape index (κ1) is 32.0. The van der Waals surface area contributed by atoms with Crippen molar-refractivity contribution >= 4 is 23.2 Å². The van der Waals surface area contributed by atoms with E-state index < -0.39 is 32.7 Å². The zero-order chi connectivity index (χ0) is 36.6. The molecule has 2 fully saturated rings. The molecule has 2 heterocycles. The van der Waals surface area contributed by atoms with Gasteiger partial charge in [0.25, 0.3) is 11.8 Å². The van der Waals surface area contributed by atoms with Crippen molar-refractivity contribution < 1.29 is 9.59 Å². The molecule has 2 spiro atoms. The highest BCUT2D eigenvalue weighted by Gasteiger charge is 2.81. The van der Waals surface area contributed by atoms with E-state index in [-0.39, 0.29) is 11.8 Å². The van der Waals surface area contributed by atoms with Crippen LogP contribution in [0.15, 0.2) is 121 Å². The Kier molecular flexibility index (Phi) is 6.07. The van der Waals surface area contributed by atoms with Crippen molar-refractivity contribution in [2.45, 2.75) is 52.6 Å². The fraction of sp³-hybridized carbons (Fsp3) is 0.261. The number of carbonyl (C=O) groups excluding carboxylic acids is 2. The van der Waals surface area contributed by atoms with Crippen LogP contribution in [-0.4, -0.2) is 11.8 Å². The summed E-state index contributed by atoms with van der Waals surface area (Å²) in [6.07, 6.45) is 0. The van der Waals surface area contributed by atoms with Gasteiger partial charge in [-0.05, 0) is 79.6 Å². The molecule has 254 valence electrons. The number of benzene rings is 5. The summed E-state index contributed by atoms with van der Waals surface area (Å²) in [6.45, 7) is 11.8. The second-order valence-corrected chi connectivity index (χ2v) is 16.6. The lowest BCUT2D eigenvalue weighted by molar-refractivity contribution is -0.150. The number of carbonyl (C=O) groups is 2.